The van der Waals surface area contributed by atoms with Gasteiger partial charge in [0.2, 0.25) is 0 Å². The van der Waals surface area contributed by atoms with E-state index in [4.69, 9.17) is 11.6 Å². The van der Waals surface area contributed by atoms with E-state index in [0.29, 0.717) is 0 Å². The molecule has 1 aromatic carbocycles. The lowest BCUT2D eigenvalue weighted by atomic mass is 10.0. The molecule has 1 aromatic rings. The SMILES string of the molecule is CC#CCC(NCCC)c1ccc(C)cc1Cl. The van der Waals surface area contributed by atoms with Gasteiger partial charge in [-0.05, 0) is 44.0 Å². The number of hydrogen-bond acceptors (Lipinski definition) is 1. The maximum Gasteiger partial charge on any atom is 0.0456 e. The van der Waals surface area contributed by atoms with Crippen LogP contribution in [0.15, 0.2) is 18.2 Å². The van der Waals surface area contributed by atoms with Crippen molar-refractivity contribution in [1.82, 2.24) is 5.32 Å². The molecule has 1 N–H and O–H groups in total. The summed E-state index contributed by atoms with van der Waals surface area (Å²) >= 11 is 6.29. The third kappa shape index (κ3) is 4.42. The largest absolute Gasteiger partial charge is 0.309 e. The Bertz CT molecular complexity index is 415. The molecule has 0 aliphatic carbocycles. The number of halogens is 1. The van der Waals surface area contributed by atoms with Gasteiger partial charge in [-0.15, -0.1) is 11.8 Å². The molecule has 2 heteroatoms. The van der Waals surface area contributed by atoms with Gasteiger partial charge >= 0.3 is 0 Å². The summed E-state index contributed by atoms with van der Waals surface area (Å²) in [5, 5.41) is 4.32. The van der Waals surface area contributed by atoms with Crippen LogP contribution in [-0.2, 0) is 0 Å². The van der Waals surface area contributed by atoms with E-state index in [-0.39, 0.29) is 6.04 Å². The molecule has 0 spiro atoms. The third-order valence-corrected chi connectivity index (χ3v) is 2.98. The molecule has 0 amide bonds. The van der Waals surface area contributed by atoms with Crippen molar-refractivity contribution in [3.8, 4) is 11.8 Å². The lowest BCUT2D eigenvalue weighted by molar-refractivity contribution is 0.542. The van der Waals surface area contributed by atoms with Crippen molar-refractivity contribution in [3.05, 3.63) is 34.3 Å². The highest BCUT2D eigenvalue weighted by atomic mass is 35.5. The molecule has 17 heavy (non-hydrogen) atoms. The zero-order chi connectivity index (χ0) is 12.7. The van der Waals surface area contributed by atoms with Crippen LogP contribution < -0.4 is 5.32 Å². The van der Waals surface area contributed by atoms with E-state index in [1.807, 2.05) is 13.0 Å². The van der Waals surface area contributed by atoms with Crippen LogP contribution in [0.1, 0.15) is 43.9 Å². The minimum atomic E-state index is 0.232. The zero-order valence-corrected chi connectivity index (χ0v) is 11.6. The second-order valence-corrected chi connectivity index (χ2v) is 4.57. The lowest BCUT2D eigenvalue weighted by Crippen LogP contribution is -2.22. The van der Waals surface area contributed by atoms with Crippen LogP contribution in [0.2, 0.25) is 5.02 Å². The number of aryl methyl sites for hydroxylation is 1. The topological polar surface area (TPSA) is 12.0 Å². The second-order valence-electron chi connectivity index (χ2n) is 4.16. The lowest BCUT2D eigenvalue weighted by Gasteiger charge is -2.18. The molecule has 92 valence electrons. The molecule has 1 rings (SSSR count). The molecule has 0 aliphatic heterocycles. The summed E-state index contributed by atoms with van der Waals surface area (Å²) in [4.78, 5) is 0. The van der Waals surface area contributed by atoms with Crippen molar-refractivity contribution in [3.63, 3.8) is 0 Å². The molecule has 0 aliphatic rings. The fourth-order valence-electron chi connectivity index (χ4n) is 1.73. The summed E-state index contributed by atoms with van der Waals surface area (Å²) in [6.07, 6.45) is 1.92. The van der Waals surface area contributed by atoms with E-state index < -0.39 is 0 Å². The summed E-state index contributed by atoms with van der Waals surface area (Å²) in [6.45, 7) is 7.07. The van der Waals surface area contributed by atoms with Crippen LogP contribution in [0, 0.1) is 18.8 Å². The van der Waals surface area contributed by atoms with Gasteiger partial charge in [0, 0.05) is 17.5 Å². The van der Waals surface area contributed by atoms with Crippen LogP contribution in [0.5, 0.6) is 0 Å². The molecule has 1 unspecified atom stereocenters. The van der Waals surface area contributed by atoms with E-state index >= 15 is 0 Å². The first-order valence-corrected chi connectivity index (χ1v) is 6.45. The smallest absolute Gasteiger partial charge is 0.0456 e. The monoisotopic (exact) mass is 249 g/mol. The minimum absolute atomic E-state index is 0.232. The molecular formula is C15H20ClN. The first-order chi connectivity index (χ1) is 8.19. The highest BCUT2D eigenvalue weighted by Gasteiger charge is 2.12. The normalized spacial score (nSPS) is 11.8. The fourth-order valence-corrected chi connectivity index (χ4v) is 2.10. The number of benzene rings is 1. The van der Waals surface area contributed by atoms with E-state index in [2.05, 4.69) is 43.1 Å². The molecule has 0 radical (unpaired) electrons. The van der Waals surface area contributed by atoms with Crippen LogP contribution in [0.4, 0.5) is 0 Å². The molecule has 0 aromatic heterocycles. The quantitative estimate of drug-likeness (QED) is 0.775. The summed E-state index contributed by atoms with van der Waals surface area (Å²) < 4.78 is 0. The average molecular weight is 250 g/mol. The molecular weight excluding hydrogens is 230 g/mol. The number of hydrogen-bond donors (Lipinski definition) is 1. The fraction of sp³-hybridized carbons (Fsp3) is 0.467. The maximum absolute atomic E-state index is 6.29. The van der Waals surface area contributed by atoms with Crippen molar-refractivity contribution >= 4 is 11.6 Å². The Labute approximate surface area is 110 Å². The zero-order valence-electron chi connectivity index (χ0n) is 10.8. The average Bonchev–Trinajstić information content (AvgIpc) is 2.30. The highest BCUT2D eigenvalue weighted by Crippen LogP contribution is 2.26. The summed E-state index contributed by atoms with van der Waals surface area (Å²) in [7, 11) is 0. The molecule has 0 saturated heterocycles. The van der Waals surface area contributed by atoms with Gasteiger partial charge in [0.05, 0.1) is 0 Å². The third-order valence-electron chi connectivity index (χ3n) is 2.66. The van der Waals surface area contributed by atoms with Crippen LogP contribution in [0.3, 0.4) is 0 Å². The first-order valence-electron chi connectivity index (χ1n) is 6.08. The van der Waals surface area contributed by atoms with Gasteiger partial charge < -0.3 is 5.32 Å². The molecule has 0 heterocycles. The van der Waals surface area contributed by atoms with Crippen molar-refractivity contribution < 1.29 is 0 Å². The first kappa shape index (κ1) is 14.1. The molecule has 1 nitrogen and oxygen atoms in total. The molecule has 0 saturated carbocycles. The summed E-state index contributed by atoms with van der Waals surface area (Å²) in [5.41, 5.74) is 2.34. The van der Waals surface area contributed by atoms with Crippen LogP contribution in [-0.4, -0.2) is 6.54 Å². The van der Waals surface area contributed by atoms with Gasteiger partial charge in [-0.25, -0.2) is 0 Å². The van der Waals surface area contributed by atoms with Gasteiger partial charge in [-0.3, -0.25) is 0 Å². The Kier molecular flexibility index (Phi) is 6.11. The molecule has 0 bridgehead atoms. The minimum Gasteiger partial charge on any atom is -0.309 e. The second kappa shape index (κ2) is 7.37. The van der Waals surface area contributed by atoms with Gasteiger partial charge in [0.15, 0.2) is 0 Å². The Hall–Kier alpha value is -0.970. The predicted molar refractivity (Wildman–Crippen MR) is 75.3 cm³/mol. The van der Waals surface area contributed by atoms with Crippen LogP contribution in [0.25, 0.3) is 0 Å². The van der Waals surface area contributed by atoms with E-state index in [1.165, 1.54) is 5.56 Å². The predicted octanol–water partition coefficient (Wildman–Crippen LogP) is 4.10. The van der Waals surface area contributed by atoms with Crippen molar-refractivity contribution in [2.24, 2.45) is 0 Å². The number of rotatable bonds is 5. The summed E-state index contributed by atoms with van der Waals surface area (Å²) in [6, 6.07) is 6.44. The number of nitrogens with one attached hydrogen (secondary N) is 1. The van der Waals surface area contributed by atoms with Crippen molar-refractivity contribution in [2.75, 3.05) is 6.54 Å². The molecule has 1 atom stereocenters. The Balaban J connectivity index is 2.89. The van der Waals surface area contributed by atoms with E-state index in [1.54, 1.807) is 0 Å². The maximum atomic E-state index is 6.29. The molecule has 0 fully saturated rings. The van der Waals surface area contributed by atoms with Crippen molar-refractivity contribution in [2.45, 2.75) is 39.7 Å². The summed E-state index contributed by atoms with van der Waals surface area (Å²) in [5.74, 6) is 6.07. The Morgan fingerprint density at radius 3 is 2.76 bits per heavy atom. The standard InChI is InChI=1S/C15H20ClN/c1-4-6-7-15(17-10-5-2)13-9-8-12(3)11-14(13)16/h8-9,11,15,17H,5,7,10H2,1-3H3. The van der Waals surface area contributed by atoms with Crippen molar-refractivity contribution in [1.29, 1.82) is 0 Å². The Morgan fingerprint density at radius 1 is 1.41 bits per heavy atom. The van der Waals surface area contributed by atoms with Gasteiger partial charge in [0.1, 0.15) is 0 Å². The van der Waals surface area contributed by atoms with E-state index in [9.17, 15) is 0 Å². The van der Waals surface area contributed by atoms with Gasteiger partial charge in [-0.2, -0.15) is 0 Å². The van der Waals surface area contributed by atoms with Crippen LogP contribution >= 0.6 is 11.6 Å². The highest BCUT2D eigenvalue weighted by molar-refractivity contribution is 6.31. The van der Waals surface area contributed by atoms with Gasteiger partial charge in [-0.1, -0.05) is 30.7 Å². The Morgan fingerprint density at radius 2 is 2.18 bits per heavy atom. The van der Waals surface area contributed by atoms with E-state index in [0.717, 1.165) is 30.0 Å². The van der Waals surface area contributed by atoms with Gasteiger partial charge in [0.25, 0.3) is 0 Å².